The van der Waals surface area contributed by atoms with E-state index < -0.39 is 0 Å². The molecule has 1 fully saturated rings. The Morgan fingerprint density at radius 2 is 1.78 bits per heavy atom. The quantitative estimate of drug-likeness (QED) is 0.446. The van der Waals surface area contributed by atoms with Crippen molar-refractivity contribution in [2.24, 2.45) is 11.7 Å². The van der Waals surface area contributed by atoms with Crippen molar-refractivity contribution in [1.29, 1.82) is 0 Å². The molecule has 54 valence electrons. The molecule has 1 unspecified atom stereocenters. The molecule has 1 nitrogen and oxygen atoms in total. The first-order chi connectivity index (χ1) is 4.30. The smallest absolute Gasteiger partial charge is 0.0829 e. The summed E-state index contributed by atoms with van der Waals surface area (Å²) in [6.07, 6.45) is 6.51. The van der Waals surface area contributed by atoms with E-state index in [-0.39, 0.29) is 5.50 Å². The van der Waals surface area contributed by atoms with Gasteiger partial charge in [-0.1, -0.05) is 19.3 Å². The molecule has 1 aliphatic rings. The number of halogens is 1. The van der Waals surface area contributed by atoms with Crippen LogP contribution in [0.5, 0.6) is 0 Å². The fourth-order valence-corrected chi connectivity index (χ4v) is 1.70. The third kappa shape index (κ3) is 2.15. The van der Waals surface area contributed by atoms with Crippen LogP contribution in [0.15, 0.2) is 0 Å². The van der Waals surface area contributed by atoms with E-state index in [0.29, 0.717) is 5.92 Å². The van der Waals surface area contributed by atoms with Gasteiger partial charge in [-0.15, -0.1) is 11.6 Å². The molecule has 0 aromatic rings. The Morgan fingerprint density at radius 1 is 1.22 bits per heavy atom. The number of nitrogens with two attached hydrogens (primary N) is 1. The third-order valence-electron chi connectivity index (χ3n) is 2.10. The molecule has 2 heteroatoms. The van der Waals surface area contributed by atoms with Gasteiger partial charge in [-0.2, -0.15) is 0 Å². The average molecular weight is 148 g/mol. The first-order valence-electron chi connectivity index (χ1n) is 3.70. The molecule has 0 aromatic carbocycles. The normalized spacial score (nSPS) is 26.0. The number of hydrogen-bond acceptors (Lipinski definition) is 1. The topological polar surface area (TPSA) is 26.0 Å². The lowest BCUT2D eigenvalue weighted by molar-refractivity contribution is 0.348. The Kier molecular flexibility index (Phi) is 2.80. The summed E-state index contributed by atoms with van der Waals surface area (Å²) in [5.74, 6) is 0.598. The molecule has 0 aromatic heterocycles. The average Bonchev–Trinajstić information content (AvgIpc) is 1.90. The predicted molar refractivity (Wildman–Crippen MR) is 40.4 cm³/mol. The van der Waals surface area contributed by atoms with Gasteiger partial charge in [0, 0.05) is 0 Å². The number of hydrogen-bond donors (Lipinski definition) is 1. The van der Waals surface area contributed by atoms with Crippen LogP contribution in [0.3, 0.4) is 0 Å². The molecule has 0 saturated heterocycles. The highest BCUT2D eigenvalue weighted by molar-refractivity contribution is 6.20. The number of alkyl halides is 1. The zero-order chi connectivity index (χ0) is 6.69. The minimum Gasteiger partial charge on any atom is -0.315 e. The molecule has 0 radical (unpaired) electrons. The Balaban J connectivity index is 2.23. The Morgan fingerprint density at radius 3 is 2.11 bits per heavy atom. The third-order valence-corrected chi connectivity index (χ3v) is 2.46. The van der Waals surface area contributed by atoms with Gasteiger partial charge in [0.15, 0.2) is 0 Å². The highest BCUT2D eigenvalue weighted by Crippen LogP contribution is 2.26. The summed E-state index contributed by atoms with van der Waals surface area (Å²) in [6.45, 7) is 0. The van der Waals surface area contributed by atoms with Crippen molar-refractivity contribution in [2.75, 3.05) is 0 Å². The lowest BCUT2D eigenvalue weighted by atomic mass is 9.89. The van der Waals surface area contributed by atoms with Gasteiger partial charge in [-0.05, 0) is 18.8 Å². The molecule has 1 aliphatic carbocycles. The van der Waals surface area contributed by atoms with E-state index in [0.717, 1.165) is 0 Å². The highest BCUT2D eigenvalue weighted by Gasteiger charge is 2.17. The zero-order valence-electron chi connectivity index (χ0n) is 5.65. The van der Waals surface area contributed by atoms with Gasteiger partial charge in [-0.3, -0.25) is 0 Å². The maximum Gasteiger partial charge on any atom is 0.0829 e. The second-order valence-electron chi connectivity index (χ2n) is 2.84. The van der Waals surface area contributed by atoms with Gasteiger partial charge >= 0.3 is 0 Å². The first-order valence-corrected chi connectivity index (χ1v) is 4.14. The van der Waals surface area contributed by atoms with E-state index in [4.69, 9.17) is 17.3 Å². The Labute approximate surface area is 61.6 Å². The lowest BCUT2D eigenvalue weighted by Gasteiger charge is -2.22. The van der Waals surface area contributed by atoms with Crippen molar-refractivity contribution in [3.8, 4) is 0 Å². The van der Waals surface area contributed by atoms with Crippen molar-refractivity contribution in [2.45, 2.75) is 37.6 Å². The van der Waals surface area contributed by atoms with Crippen LogP contribution in [0.2, 0.25) is 0 Å². The first kappa shape index (κ1) is 7.36. The SMILES string of the molecule is NC(Cl)C1CCCCC1. The molecule has 1 rings (SSSR count). The van der Waals surface area contributed by atoms with Crippen LogP contribution in [0.4, 0.5) is 0 Å². The fraction of sp³-hybridized carbons (Fsp3) is 1.00. The minimum atomic E-state index is -0.0923. The summed E-state index contributed by atoms with van der Waals surface area (Å²) in [7, 11) is 0. The van der Waals surface area contributed by atoms with E-state index in [9.17, 15) is 0 Å². The van der Waals surface area contributed by atoms with E-state index in [1.807, 2.05) is 0 Å². The van der Waals surface area contributed by atoms with Crippen molar-refractivity contribution in [3.05, 3.63) is 0 Å². The van der Waals surface area contributed by atoms with Crippen LogP contribution in [0.1, 0.15) is 32.1 Å². The summed E-state index contributed by atoms with van der Waals surface area (Å²) in [4.78, 5) is 0. The molecule has 0 aliphatic heterocycles. The standard InChI is InChI=1S/C7H14ClN/c8-7(9)6-4-2-1-3-5-6/h6-7H,1-5,9H2. The second kappa shape index (κ2) is 3.43. The van der Waals surface area contributed by atoms with Crippen LogP contribution in [0.25, 0.3) is 0 Å². The van der Waals surface area contributed by atoms with Crippen LogP contribution in [-0.4, -0.2) is 5.50 Å². The van der Waals surface area contributed by atoms with Crippen molar-refractivity contribution in [1.82, 2.24) is 0 Å². The summed E-state index contributed by atoms with van der Waals surface area (Å²) < 4.78 is 0. The predicted octanol–water partition coefficient (Wildman–Crippen LogP) is 2.09. The summed E-state index contributed by atoms with van der Waals surface area (Å²) in [5.41, 5.74) is 5.44. The van der Waals surface area contributed by atoms with Crippen LogP contribution in [0, 0.1) is 5.92 Å². The molecule has 1 atom stereocenters. The summed E-state index contributed by atoms with van der Waals surface area (Å²) in [6, 6.07) is 0. The van der Waals surface area contributed by atoms with E-state index in [1.165, 1.54) is 32.1 Å². The fourth-order valence-electron chi connectivity index (χ4n) is 1.45. The van der Waals surface area contributed by atoms with E-state index in [2.05, 4.69) is 0 Å². The summed E-state index contributed by atoms with van der Waals surface area (Å²) >= 11 is 5.73. The molecule has 0 amide bonds. The van der Waals surface area contributed by atoms with Gasteiger partial charge in [-0.25, -0.2) is 0 Å². The maximum absolute atomic E-state index is 5.73. The van der Waals surface area contributed by atoms with Gasteiger partial charge in [0.05, 0.1) is 5.50 Å². The zero-order valence-corrected chi connectivity index (χ0v) is 6.40. The lowest BCUT2D eigenvalue weighted by Crippen LogP contribution is -2.25. The van der Waals surface area contributed by atoms with Crippen molar-refractivity contribution < 1.29 is 0 Å². The minimum absolute atomic E-state index is 0.0923. The monoisotopic (exact) mass is 147 g/mol. The van der Waals surface area contributed by atoms with Crippen molar-refractivity contribution >= 4 is 11.6 Å². The van der Waals surface area contributed by atoms with Crippen LogP contribution < -0.4 is 5.73 Å². The molecular formula is C7H14ClN. The Bertz CT molecular complexity index is 77.0. The molecule has 2 N–H and O–H groups in total. The van der Waals surface area contributed by atoms with Gasteiger partial charge in [0.25, 0.3) is 0 Å². The van der Waals surface area contributed by atoms with E-state index >= 15 is 0 Å². The molecular weight excluding hydrogens is 134 g/mol. The molecule has 0 bridgehead atoms. The number of rotatable bonds is 1. The maximum atomic E-state index is 5.73. The van der Waals surface area contributed by atoms with Crippen molar-refractivity contribution in [3.63, 3.8) is 0 Å². The van der Waals surface area contributed by atoms with Gasteiger partial charge < -0.3 is 5.73 Å². The van der Waals surface area contributed by atoms with Gasteiger partial charge in [0.1, 0.15) is 0 Å². The van der Waals surface area contributed by atoms with Crippen LogP contribution in [-0.2, 0) is 0 Å². The Hall–Kier alpha value is 0.250. The summed E-state index contributed by atoms with van der Waals surface area (Å²) in [5, 5.41) is 0. The molecule has 0 spiro atoms. The highest BCUT2D eigenvalue weighted by atomic mass is 35.5. The van der Waals surface area contributed by atoms with E-state index in [1.54, 1.807) is 0 Å². The molecule has 9 heavy (non-hydrogen) atoms. The largest absolute Gasteiger partial charge is 0.315 e. The molecule has 0 heterocycles. The second-order valence-corrected chi connectivity index (χ2v) is 3.35. The van der Waals surface area contributed by atoms with Gasteiger partial charge in [0.2, 0.25) is 0 Å². The van der Waals surface area contributed by atoms with Crippen LogP contribution >= 0.6 is 11.6 Å². The molecule has 1 saturated carbocycles.